The van der Waals surface area contributed by atoms with E-state index in [1.165, 1.54) is 0 Å². The molecule has 0 radical (unpaired) electrons. The third-order valence-electron chi connectivity index (χ3n) is 3.24. The minimum atomic E-state index is 0.134. The van der Waals surface area contributed by atoms with Crippen molar-refractivity contribution in [1.29, 1.82) is 0 Å². The largest absolute Gasteiger partial charge is 0.378 e. The lowest BCUT2D eigenvalue weighted by Gasteiger charge is -2.26. The molecule has 1 aromatic heterocycles. The second kappa shape index (κ2) is 7.56. The van der Waals surface area contributed by atoms with Gasteiger partial charge < -0.3 is 15.0 Å². The molecule has 0 bridgehead atoms. The van der Waals surface area contributed by atoms with E-state index in [2.05, 4.69) is 15.3 Å². The molecule has 2 rings (SSSR count). The molecule has 0 spiro atoms. The van der Waals surface area contributed by atoms with Crippen molar-refractivity contribution in [3.63, 3.8) is 0 Å². The molecule has 1 fully saturated rings. The second-order valence-electron chi connectivity index (χ2n) is 5.26. The lowest BCUT2D eigenvalue weighted by molar-refractivity contribution is -0.134. The Bertz CT molecular complexity index is 490. The van der Waals surface area contributed by atoms with Gasteiger partial charge in [-0.15, -0.1) is 0 Å². The molecule has 0 aromatic carbocycles. The Hall–Kier alpha value is -1.40. The maximum atomic E-state index is 12.0. The summed E-state index contributed by atoms with van der Waals surface area (Å²) in [6.07, 6.45) is 0.429. The van der Waals surface area contributed by atoms with Crippen molar-refractivity contribution in [2.45, 2.75) is 26.2 Å². The van der Waals surface area contributed by atoms with Gasteiger partial charge in [-0.05, 0) is 0 Å². The third kappa shape index (κ3) is 4.82. The Balaban J connectivity index is 1.84. The van der Waals surface area contributed by atoms with Crippen LogP contribution >= 0.6 is 11.6 Å². The maximum Gasteiger partial charge on any atom is 0.224 e. The average Bonchev–Trinajstić information content (AvgIpc) is 2.47. The SMILES string of the molecule is CC(C)c1nc(Cl)cc(NCCC(=O)N2CCOCC2)n1. The Labute approximate surface area is 129 Å². The molecular weight excluding hydrogens is 292 g/mol. The lowest BCUT2D eigenvalue weighted by Crippen LogP contribution is -2.41. The zero-order chi connectivity index (χ0) is 15.2. The molecule has 21 heavy (non-hydrogen) atoms. The molecule has 1 aromatic rings. The van der Waals surface area contributed by atoms with E-state index in [1.54, 1.807) is 6.07 Å². The number of nitrogens with zero attached hydrogens (tertiary/aromatic N) is 3. The minimum absolute atomic E-state index is 0.134. The molecule has 1 amide bonds. The number of rotatable bonds is 5. The predicted molar refractivity (Wildman–Crippen MR) is 81.6 cm³/mol. The number of anilines is 1. The molecule has 1 saturated heterocycles. The van der Waals surface area contributed by atoms with Crippen LogP contribution < -0.4 is 5.32 Å². The molecule has 116 valence electrons. The standard InChI is InChI=1S/C14H21ClN4O2/c1-10(2)14-17-11(15)9-12(18-14)16-4-3-13(20)19-5-7-21-8-6-19/h9-10H,3-8H2,1-2H3,(H,16,17,18). The zero-order valence-corrected chi connectivity index (χ0v) is 13.2. The van der Waals surface area contributed by atoms with Crippen LogP contribution in [-0.4, -0.2) is 53.6 Å². The first kappa shape index (κ1) is 16.0. The van der Waals surface area contributed by atoms with Crippen LogP contribution in [-0.2, 0) is 9.53 Å². The van der Waals surface area contributed by atoms with E-state index >= 15 is 0 Å². The molecule has 0 saturated carbocycles. The van der Waals surface area contributed by atoms with Crippen molar-refractivity contribution in [3.8, 4) is 0 Å². The number of ether oxygens (including phenoxy) is 1. The smallest absolute Gasteiger partial charge is 0.224 e. The first-order valence-corrected chi connectivity index (χ1v) is 7.58. The summed E-state index contributed by atoms with van der Waals surface area (Å²) in [5, 5.41) is 3.55. The molecule has 0 atom stereocenters. The van der Waals surface area contributed by atoms with Gasteiger partial charge in [0.2, 0.25) is 5.91 Å². The van der Waals surface area contributed by atoms with Crippen LogP contribution in [0.25, 0.3) is 0 Å². The minimum Gasteiger partial charge on any atom is -0.378 e. The average molecular weight is 313 g/mol. The van der Waals surface area contributed by atoms with E-state index in [4.69, 9.17) is 16.3 Å². The lowest BCUT2D eigenvalue weighted by atomic mass is 10.2. The molecule has 2 heterocycles. The van der Waals surface area contributed by atoms with Crippen molar-refractivity contribution in [2.75, 3.05) is 38.2 Å². The molecular formula is C14H21ClN4O2. The van der Waals surface area contributed by atoms with Gasteiger partial charge in [0.15, 0.2) is 0 Å². The van der Waals surface area contributed by atoms with E-state index in [9.17, 15) is 4.79 Å². The summed E-state index contributed by atoms with van der Waals surface area (Å²) in [6.45, 7) is 7.15. The van der Waals surface area contributed by atoms with Gasteiger partial charge in [0.25, 0.3) is 0 Å². The number of halogens is 1. The topological polar surface area (TPSA) is 67.4 Å². The monoisotopic (exact) mass is 312 g/mol. The predicted octanol–water partition coefficient (Wildman–Crippen LogP) is 1.91. The van der Waals surface area contributed by atoms with Gasteiger partial charge in [0.1, 0.15) is 16.8 Å². The Kier molecular flexibility index (Phi) is 5.76. The van der Waals surface area contributed by atoms with Gasteiger partial charge in [0.05, 0.1) is 13.2 Å². The van der Waals surface area contributed by atoms with Crippen molar-refractivity contribution in [1.82, 2.24) is 14.9 Å². The van der Waals surface area contributed by atoms with E-state index in [1.807, 2.05) is 18.7 Å². The zero-order valence-electron chi connectivity index (χ0n) is 12.4. The van der Waals surface area contributed by atoms with Gasteiger partial charge in [0, 0.05) is 38.0 Å². The Morgan fingerprint density at radius 2 is 2.14 bits per heavy atom. The molecule has 1 aliphatic rings. The fourth-order valence-corrected chi connectivity index (χ4v) is 2.24. The summed E-state index contributed by atoms with van der Waals surface area (Å²) < 4.78 is 5.23. The normalized spacial score (nSPS) is 15.3. The van der Waals surface area contributed by atoms with Crippen molar-refractivity contribution < 1.29 is 9.53 Å². The number of carbonyl (C=O) groups excluding carboxylic acids is 1. The van der Waals surface area contributed by atoms with Gasteiger partial charge >= 0.3 is 0 Å². The van der Waals surface area contributed by atoms with Crippen LogP contribution in [0.3, 0.4) is 0 Å². The summed E-state index contributed by atoms with van der Waals surface area (Å²) in [5.74, 6) is 1.70. The van der Waals surface area contributed by atoms with Crippen LogP contribution in [0.4, 0.5) is 5.82 Å². The van der Waals surface area contributed by atoms with E-state index in [0.29, 0.717) is 56.1 Å². The van der Waals surface area contributed by atoms with E-state index in [0.717, 1.165) is 0 Å². The summed E-state index contributed by atoms with van der Waals surface area (Å²) in [4.78, 5) is 22.4. The van der Waals surface area contributed by atoms with E-state index < -0.39 is 0 Å². The van der Waals surface area contributed by atoms with E-state index in [-0.39, 0.29) is 11.8 Å². The third-order valence-corrected chi connectivity index (χ3v) is 3.43. The van der Waals surface area contributed by atoms with Gasteiger partial charge in [-0.25, -0.2) is 9.97 Å². The fraction of sp³-hybridized carbons (Fsp3) is 0.643. The molecule has 0 unspecified atom stereocenters. The molecule has 6 nitrogen and oxygen atoms in total. The molecule has 1 N–H and O–H groups in total. The molecule has 1 aliphatic heterocycles. The first-order chi connectivity index (χ1) is 10.1. The van der Waals surface area contributed by atoms with Crippen LogP contribution in [0.1, 0.15) is 32.0 Å². The van der Waals surface area contributed by atoms with Gasteiger partial charge in [-0.3, -0.25) is 4.79 Å². The summed E-state index contributed by atoms with van der Waals surface area (Å²) in [7, 11) is 0. The summed E-state index contributed by atoms with van der Waals surface area (Å²) in [5.41, 5.74) is 0. The van der Waals surface area contributed by atoms with Crippen molar-refractivity contribution in [2.24, 2.45) is 0 Å². The van der Waals surface area contributed by atoms with Crippen molar-refractivity contribution >= 4 is 23.3 Å². The molecule has 7 heteroatoms. The quantitative estimate of drug-likeness (QED) is 0.841. The summed E-state index contributed by atoms with van der Waals surface area (Å²) in [6, 6.07) is 1.67. The highest BCUT2D eigenvalue weighted by molar-refractivity contribution is 6.29. The van der Waals surface area contributed by atoms with Crippen LogP contribution in [0.15, 0.2) is 6.07 Å². The maximum absolute atomic E-state index is 12.0. The van der Waals surface area contributed by atoms with Crippen molar-refractivity contribution in [3.05, 3.63) is 17.0 Å². The van der Waals surface area contributed by atoms with Crippen LogP contribution in [0.2, 0.25) is 5.15 Å². The Morgan fingerprint density at radius 3 is 2.81 bits per heavy atom. The number of aromatic nitrogens is 2. The highest BCUT2D eigenvalue weighted by Crippen LogP contribution is 2.16. The number of nitrogens with one attached hydrogen (secondary N) is 1. The summed E-state index contributed by atoms with van der Waals surface area (Å²) >= 11 is 5.98. The first-order valence-electron chi connectivity index (χ1n) is 7.20. The van der Waals surface area contributed by atoms with Gasteiger partial charge in [-0.1, -0.05) is 25.4 Å². The second-order valence-corrected chi connectivity index (χ2v) is 5.65. The number of morpholine rings is 1. The highest BCUT2D eigenvalue weighted by Gasteiger charge is 2.16. The fourth-order valence-electron chi connectivity index (χ4n) is 2.05. The number of carbonyl (C=O) groups is 1. The van der Waals surface area contributed by atoms with Crippen LogP contribution in [0, 0.1) is 0 Å². The number of amides is 1. The number of hydrogen-bond donors (Lipinski definition) is 1. The van der Waals surface area contributed by atoms with Crippen LogP contribution in [0.5, 0.6) is 0 Å². The highest BCUT2D eigenvalue weighted by atomic mass is 35.5. The Morgan fingerprint density at radius 1 is 1.43 bits per heavy atom. The van der Waals surface area contributed by atoms with Gasteiger partial charge in [-0.2, -0.15) is 0 Å². The molecule has 0 aliphatic carbocycles. The number of hydrogen-bond acceptors (Lipinski definition) is 5.